The summed E-state index contributed by atoms with van der Waals surface area (Å²) in [6, 6.07) is 1.84. The van der Waals surface area contributed by atoms with Gasteiger partial charge < -0.3 is 14.7 Å². The molecule has 0 spiro atoms. The number of hydrogen-bond acceptors (Lipinski definition) is 5. The van der Waals surface area contributed by atoms with Gasteiger partial charge in [0.25, 0.3) is 5.91 Å². The van der Waals surface area contributed by atoms with E-state index in [-0.39, 0.29) is 17.9 Å². The second kappa shape index (κ2) is 7.17. The Morgan fingerprint density at radius 2 is 2.29 bits per heavy atom. The van der Waals surface area contributed by atoms with E-state index in [1.807, 2.05) is 35.6 Å². The molecule has 1 unspecified atom stereocenters. The molecule has 2 amide bonds. The van der Waals surface area contributed by atoms with E-state index in [1.54, 1.807) is 0 Å². The molecule has 0 radical (unpaired) electrons. The highest BCUT2D eigenvalue weighted by Crippen LogP contribution is 2.19. The fraction of sp³-hybridized carbons (Fsp3) is 0.471. The van der Waals surface area contributed by atoms with Crippen LogP contribution < -0.4 is 5.32 Å². The monoisotopic (exact) mass is 347 g/mol. The third-order valence-electron chi connectivity index (χ3n) is 4.46. The van der Waals surface area contributed by atoms with Gasteiger partial charge in [-0.3, -0.25) is 9.59 Å². The zero-order valence-electron chi connectivity index (χ0n) is 13.9. The molecule has 2 aromatic heterocycles. The number of thiophene rings is 1. The van der Waals surface area contributed by atoms with Crippen LogP contribution >= 0.6 is 11.3 Å². The summed E-state index contributed by atoms with van der Waals surface area (Å²) in [5, 5.41) is 10.7. The van der Waals surface area contributed by atoms with Crippen LogP contribution in [0.1, 0.15) is 46.6 Å². The molecule has 0 saturated carbocycles. The predicted octanol–water partition coefficient (Wildman–Crippen LogP) is 2.66. The lowest BCUT2D eigenvalue weighted by atomic mass is 10.1. The maximum Gasteiger partial charge on any atom is 0.252 e. The average Bonchev–Trinajstić information content (AvgIpc) is 3.16. The van der Waals surface area contributed by atoms with E-state index >= 15 is 0 Å². The highest BCUT2D eigenvalue weighted by molar-refractivity contribution is 7.08. The van der Waals surface area contributed by atoms with Crippen molar-refractivity contribution in [3.05, 3.63) is 39.4 Å². The lowest BCUT2D eigenvalue weighted by molar-refractivity contribution is -0.131. The first-order valence-electron chi connectivity index (χ1n) is 8.07. The second-order valence-corrected chi connectivity index (χ2v) is 6.91. The molecule has 128 valence electrons. The van der Waals surface area contributed by atoms with E-state index in [0.717, 1.165) is 23.4 Å². The van der Waals surface area contributed by atoms with Gasteiger partial charge in [-0.25, -0.2) is 0 Å². The van der Waals surface area contributed by atoms with Crippen LogP contribution in [0.25, 0.3) is 0 Å². The molecule has 1 N–H and O–H groups in total. The van der Waals surface area contributed by atoms with E-state index in [1.165, 1.54) is 11.3 Å². The second-order valence-electron chi connectivity index (χ2n) is 6.13. The number of amides is 2. The Hall–Kier alpha value is -2.15. The summed E-state index contributed by atoms with van der Waals surface area (Å²) < 4.78 is 5.17. The van der Waals surface area contributed by atoms with E-state index in [4.69, 9.17) is 4.52 Å². The van der Waals surface area contributed by atoms with Gasteiger partial charge in [0.15, 0.2) is 0 Å². The maximum absolute atomic E-state index is 12.4. The van der Waals surface area contributed by atoms with Crippen LogP contribution in [0.3, 0.4) is 0 Å². The van der Waals surface area contributed by atoms with Crippen LogP contribution in [0, 0.1) is 13.8 Å². The van der Waals surface area contributed by atoms with Crippen molar-refractivity contribution < 1.29 is 14.1 Å². The van der Waals surface area contributed by atoms with Gasteiger partial charge in [-0.1, -0.05) is 5.16 Å². The lowest BCUT2D eigenvalue weighted by Crippen LogP contribution is -2.35. The minimum Gasteiger partial charge on any atom is -0.361 e. The first-order valence-corrected chi connectivity index (χ1v) is 9.01. The molecule has 2 aromatic rings. The molecule has 0 aliphatic carbocycles. The number of carbonyl (C=O) groups is 2. The Morgan fingerprint density at radius 1 is 1.46 bits per heavy atom. The Bertz CT molecular complexity index is 704. The Morgan fingerprint density at radius 3 is 2.96 bits per heavy atom. The third kappa shape index (κ3) is 3.67. The number of aryl methyl sites for hydroxylation is 2. The standard InChI is InChI=1S/C17H21N3O3S/c1-11-15(12(2)23-19-11)9-20-7-5-14(3-4-16(20)21)18-17(22)13-6-8-24-10-13/h6,8,10,14H,3-5,7,9H2,1-2H3,(H,18,22). The van der Waals surface area contributed by atoms with E-state index in [2.05, 4.69) is 10.5 Å². The van der Waals surface area contributed by atoms with Crippen molar-refractivity contribution in [2.24, 2.45) is 0 Å². The molecular weight excluding hydrogens is 326 g/mol. The molecule has 1 saturated heterocycles. The van der Waals surface area contributed by atoms with Gasteiger partial charge in [-0.15, -0.1) is 0 Å². The predicted molar refractivity (Wildman–Crippen MR) is 90.8 cm³/mol. The number of nitrogens with zero attached hydrogens (tertiary/aromatic N) is 2. The minimum atomic E-state index is -0.0622. The molecule has 3 rings (SSSR count). The van der Waals surface area contributed by atoms with Crippen LogP contribution in [0.15, 0.2) is 21.3 Å². The number of hydrogen-bond donors (Lipinski definition) is 1. The summed E-state index contributed by atoms with van der Waals surface area (Å²) in [4.78, 5) is 26.4. The molecule has 1 atom stereocenters. The van der Waals surface area contributed by atoms with E-state index in [9.17, 15) is 9.59 Å². The minimum absolute atomic E-state index is 0.0241. The molecular formula is C17H21N3O3S. The molecule has 24 heavy (non-hydrogen) atoms. The van der Waals surface area contributed by atoms with Crippen LogP contribution in [0.5, 0.6) is 0 Å². The number of aromatic nitrogens is 1. The number of carbonyl (C=O) groups excluding carboxylic acids is 2. The van der Waals surface area contributed by atoms with Crippen LogP contribution in [-0.2, 0) is 11.3 Å². The van der Waals surface area contributed by atoms with Crippen molar-refractivity contribution in [1.29, 1.82) is 0 Å². The topological polar surface area (TPSA) is 75.4 Å². The Labute approximate surface area is 144 Å². The van der Waals surface area contributed by atoms with Crippen molar-refractivity contribution >= 4 is 23.2 Å². The molecule has 1 aliphatic rings. The smallest absolute Gasteiger partial charge is 0.252 e. The van der Waals surface area contributed by atoms with Crippen LogP contribution in [0.4, 0.5) is 0 Å². The first-order chi connectivity index (χ1) is 11.5. The van der Waals surface area contributed by atoms with Crippen molar-refractivity contribution in [2.45, 2.75) is 45.7 Å². The zero-order valence-corrected chi connectivity index (χ0v) is 14.7. The molecule has 0 bridgehead atoms. The van der Waals surface area contributed by atoms with Crippen LogP contribution in [0.2, 0.25) is 0 Å². The lowest BCUT2D eigenvalue weighted by Gasteiger charge is -2.21. The van der Waals surface area contributed by atoms with Crippen molar-refractivity contribution in [3.8, 4) is 0 Å². The third-order valence-corrected chi connectivity index (χ3v) is 5.14. The van der Waals surface area contributed by atoms with Gasteiger partial charge >= 0.3 is 0 Å². The van der Waals surface area contributed by atoms with Gasteiger partial charge in [-0.05, 0) is 38.1 Å². The van der Waals surface area contributed by atoms with E-state index < -0.39 is 0 Å². The summed E-state index contributed by atoms with van der Waals surface area (Å²) in [6.45, 7) is 4.89. The normalized spacial score (nSPS) is 18.5. The summed E-state index contributed by atoms with van der Waals surface area (Å²) in [7, 11) is 0. The highest BCUT2D eigenvalue weighted by Gasteiger charge is 2.25. The van der Waals surface area contributed by atoms with Gasteiger partial charge in [0.2, 0.25) is 5.91 Å². The van der Waals surface area contributed by atoms with Crippen molar-refractivity contribution in [2.75, 3.05) is 6.54 Å². The molecule has 1 aliphatic heterocycles. The van der Waals surface area contributed by atoms with Gasteiger partial charge in [-0.2, -0.15) is 11.3 Å². The molecule has 1 fully saturated rings. The maximum atomic E-state index is 12.4. The summed E-state index contributed by atoms with van der Waals surface area (Å²) in [5.41, 5.74) is 2.49. The average molecular weight is 347 g/mol. The van der Waals surface area contributed by atoms with Gasteiger partial charge in [0.05, 0.1) is 12.2 Å². The molecule has 7 heteroatoms. The van der Waals surface area contributed by atoms with Crippen LogP contribution in [-0.4, -0.2) is 34.5 Å². The summed E-state index contributed by atoms with van der Waals surface area (Å²) >= 11 is 1.50. The van der Waals surface area contributed by atoms with E-state index in [0.29, 0.717) is 31.5 Å². The Balaban J connectivity index is 1.61. The highest BCUT2D eigenvalue weighted by atomic mass is 32.1. The Kier molecular flexibility index (Phi) is 4.99. The SMILES string of the molecule is Cc1noc(C)c1CN1CCC(NC(=O)c2ccsc2)CCC1=O. The fourth-order valence-corrected chi connectivity index (χ4v) is 3.56. The summed E-state index contributed by atoms with van der Waals surface area (Å²) in [5.74, 6) is 0.807. The van der Waals surface area contributed by atoms with Crippen molar-refractivity contribution in [3.63, 3.8) is 0 Å². The number of rotatable bonds is 4. The fourth-order valence-electron chi connectivity index (χ4n) is 2.93. The number of nitrogens with one attached hydrogen (secondary N) is 1. The first kappa shape index (κ1) is 16.7. The zero-order chi connectivity index (χ0) is 17.1. The molecule has 0 aromatic carbocycles. The summed E-state index contributed by atoms with van der Waals surface area (Å²) in [6.07, 6.45) is 1.87. The number of likely N-dealkylation sites (tertiary alicyclic amines) is 1. The molecule has 6 nitrogen and oxygen atoms in total. The molecule has 3 heterocycles. The van der Waals surface area contributed by atoms with Gasteiger partial charge in [0, 0.05) is 35.5 Å². The van der Waals surface area contributed by atoms with Crippen molar-refractivity contribution in [1.82, 2.24) is 15.4 Å². The largest absolute Gasteiger partial charge is 0.361 e. The quantitative estimate of drug-likeness (QED) is 0.922. The van der Waals surface area contributed by atoms with Gasteiger partial charge in [0.1, 0.15) is 5.76 Å².